The predicted octanol–water partition coefficient (Wildman–Crippen LogP) is 5.63. The van der Waals surface area contributed by atoms with Crippen LogP contribution in [0.1, 0.15) is 37.7 Å². The maximum absolute atomic E-state index is 8.26. The summed E-state index contributed by atoms with van der Waals surface area (Å²) < 4.78 is 0. The molecule has 20 heavy (non-hydrogen) atoms. The molecule has 1 N–H and O–H groups in total. The third-order valence-corrected chi connectivity index (χ3v) is 5.31. The first-order chi connectivity index (χ1) is 9.83. The van der Waals surface area contributed by atoms with Crippen molar-refractivity contribution in [1.29, 1.82) is 5.41 Å². The van der Waals surface area contributed by atoms with Gasteiger partial charge in [0, 0.05) is 11.7 Å². The third-order valence-electron chi connectivity index (χ3n) is 4.18. The highest BCUT2D eigenvalue weighted by molar-refractivity contribution is 8.13. The zero-order chi connectivity index (χ0) is 13.8. The van der Waals surface area contributed by atoms with Gasteiger partial charge in [0.25, 0.3) is 0 Å². The van der Waals surface area contributed by atoms with Gasteiger partial charge in [0.2, 0.25) is 0 Å². The first-order valence-corrected chi connectivity index (χ1v) is 8.50. The molecule has 0 aliphatic heterocycles. The monoisotopic (exact) mass is 283 g/mol. The Bertz CT molecular complexity index is 599. The van der Waals surface area contributed by atoms with E-state index in [1.807, 2.05) is 0 Å². The van der Waals surface area contributed by atoms with Gasteiger partial charge in [0.1, 0.15) is 0 Å². The van der Waals surface area contributed by atoms with Gasteiger partial charge in [-0.1, -0.05) is 61.7 Å². The molecule has 2 aromatic carbocycles. The summed E-state index contributed by atoms with van der Waals surface area (Å²) in [6, 6.07) is 15.1. The fourth-order valence-corrected chi connectivity index (χ4v) is 3.95. The molecular weight excluding hydrogens is 262 g/mol. The molecule has 1 nitrogen and oxygen atoms in total. The number of rotatable bonds is 3. The van der Waals surface area contributed by atoms with Gasteiger partial charge in [-0.2, -0.15) is 0 Å². The zero-order valence-electron chi connectivity index (χ0n) is 11.8. The van der Waals surface area contributed by atoms with Crippen LogP contribution in [-0.2, 0) is 5.75 Å². The van der Waals surface area contributed by atoms with E-state index >= 15 is 0 Å². The molecule has 0 unspecified atom stereocenters. The van der Waals surface area contributed by atoms with Crippen LogP contribution in [0, 0.1) is 11.3 Å². The molecule has 1 saturated carbocycles. The van der Waals surface area contributed by atoms with Crippen molar-refractivity contribution >= 4 is 27.6 Å². The van der Waals surface area contributed by atoms with Gasteiger partial charge in [0.05, 0.1) is 5.04 Å². The van der Waals surface area contributed by atoms with E-state index in [-0.39, 0.29) is 0 Å². The summed E-state index contributed by atoms with van der Waals surface area (Å²) in [5.74, 6) is 1.47. The minimum atomic E-state index is 0.536. The molecule has 0 aromatic heterocycles. The van der Waals surface area contributed by atoms with Crippen LogP contribution >= 0.6 is 11.8 Å². The molecule has 0 heterocycles. The highest BCUT2D eigenvalue weighted by Gasteiger charge is 2.18. The van der Waals surface area contributed by atoms with Gasteiger partial charge in [-0.05, 0) is 29.2 Å². The van der Waals surface area contributed by atoms with Gasteiger partial charge in [-0.25, -0.2) is 0 Å². The van der Waals surface area contributed by atoms with Gasteiger partial charge in [0.15, 0.2) is 0 Å². The topological polar surface area (TPSA) is 23.9 Å². The first kappa shape index (κ1) is 13.7. The van der Waals surface area contributed by atoms with Crippen LogP contribution < -0.4 is 0 Å². The second kappa shape index (κ2) is 6.45. The van der Waals surface area contributed by atoms with Crippen LogP contribution in [0.3, 0.4) is 0 Å². The Labute approximate surface area is 125 Å². The summed E-state index contributed by atoms with van der Waals surface area (Å²) in [6.07, 6.45) is 6.43. The number of thioether (sulfide) groups is 1. The lowest BCUT2D eigenvalue weighted by Crippen LogP contribution is -2.14. The van der Waals surface area contributed by atoms with Gasteiger partial charge in [-0.15, -0.1) is 11.8 Å². The number of hydrogen-bond acceptors (Lipinski definition) is 2. The summed E-state index contributed by atoms with van der Waals surface area (Å²) in [5, 5.41) is 11.8. The Morgan fingerprint density at radius 1 is 1.00 bits per heavy atom. The molecule has 2 heteroatoms. The lowest BCUT2D eigenvalue weighted by molar-refractivity contribution is 0.442. The Balaban J connectivity index is 1.62. The normalized spacial score (nSPS) is 16.4. The molecule has 104 valence electrons. The Kier molecular flexibility index (Phi) is 4.41. The molecule has 0 amide bonds. The van der Waals surface area contributed by atoms with Crippen LogP contribution in [-0.4, -0.2) is 5.04 Å². The van der Waals surface area contributed by atoms with Crippen molar-refractivity contribution in [3.63, 3.8) is 0 Å². The van der Waals surface area contributed by atoms with Crippen molar-refractivity contribution in [1.82, 2.24) is 0 Å². The minimum absolute atomic E-state index is 0.536. The average molecular weight is 283 g/mol. The van der Waals surface area contributed by atoms with Crippen LogP contribution in [0.25, 0.3) is 10.8 Å². The Morgan fingerprint density at radius 2 is 1.75 bits per heavy atom. The van der Waals surface area contributed by atoms with Crippen molar-refractivity contribution in [2.75, 3.05) is 0 Å². The summed E-state index contributed by atoms with van der Waals surface area (Å²) in [4.78, 5) is 0. The lowest BCUT2D eigenvalue weighted by Gasteiger charge is -2.21. The van der Waals surface area contributed by atoms with E-state index in [1.165, 1.54) is 48.4 Å². The second-order valence-electron chi connectivity index (χ2n) is 5.67. The van der Waals surface area contributed by atoms with Crippen molar-refractivity contribution in [2.45, 2.75) is 37.9 Å². The van der Waals surface area contributed by atoms with Crippen LogP contribution in [0.5, 0.6) is 0 Å². The van der Waals surface area contributed by atoms with Crippen molar-refractivity contribution in [3.8, 4) is 0 Å². The maximum atomic E-state index is 8.26. The van der Waals surface area contributed by atoms with Gasteiger partial charge < -0.3 is 0 Å². The first-order valence-electron chi connectivity index (χ1n) is 7.52. The third kappa shape index (κ3) is 3.24. The predicted molar refractivity (Wildman–Crippen MR) is 89.5 cm³/mol. The van der Waals surface area contributed by atoms with Crippen molar-refractivity contribution < 1.29 is 0 Å². The summed E-state index contributed by atoms with van der Waals surface area (Å²) >= 11 is 1.73. The summed E-state index contributed by atoms with van der Waals surface area (Å²) in [7, 11) is 0. The standard InChI is InChI=1S/C18H21NS/c19-18(16-7-2-1-3-8-16)20-13-14-10-11-15-6-4-5-9-17(15)12-14/h4-6,9-12,16,19H,1-3,7-8,13H2. The lowest BCUT2D eigenvalue weighted by atomic mass is 9.90. The Morgan fingerprint density at radius 3 is 2.55 bits per heavy atom. The van der Waals surface area contributed by atoms with Crippen LogP contribution in [0.4, 0.5) is 0 Å². The number of fused-ring (bicyclic) bond motifs is 1. The van der Waals surface area contributed by atoms with E-state index in [0.717, 1.165) is 10.8 Å². The van der Waals surface area contributed by atoms with Crippen molar-refractivity contribution in [2.24, 2.45) is 5.92 Å². The van der Waals surface area contributed by atoms with E-state index in [1.54, 1.807) is 11.8 Å². The molecule has 3 rings (SSSR count). The average Bonchev–Trinajstić information content (AvgIpc) is 2.53. The van der Waals surface area contributed by atoms with E-state index < -0.39 is 0 Å². The SMILES string of the molecule is N=C(SCc1ccc2ccccc2c1)C1CCCCC1. The molecule has 0 radical (unpaired) electrons. The molecule has 0 spiro atoms. The summed E-state index contributed by atoms with van der Waals surface area (Å²) in [6.45, 7) is 0. The fraction of sp³-hybridized carbons (Fsp3) is 0.389. The number of hydrogen-bond donors (Lipinski definition) is 1. The van der Waals surface area contributed by atoms with Gasteiger partial charge >= 0.3 is 0 Å². The molecule has 1 aliphatic rings. The molecular formula is C18H21NS. The minimum Gasteiger partial charge on any atom is -0.298 e. The largest absolute Gasteiger partial charge is 0.298 e. The van der Waals surface area contributed by atoms with E-state index in [2.05, 4.69) is 42.5 Å². The highest BCUT2D eigenvalue weighted by atomic mass is 32.2. The number of benzene rings is 2. The molecule has 0 saturated heterocycles. The Hall–Kier alpha value is -1.28. The zero-order valence-corrected chi connectivity index (χ0v) is 12.6. The van der Waals surface area contributed by atoms with E-state index in [4.69, 9.17) is 5.41 Å². The van der Waals surface area contributed by atoms with Gasteiger partial charge in [-0.3, -0.25) is 5.41 Å². The quantitative estimate of drug-likeness (QED) is 0.572. The van der Waals surface area contributed by atoms with Crippen LogP contribution in [0.2, 0.25) is 0 Å². The molecule has 0 atom stereocenters. The maximum Gasteiger partial charge on any atom is 0.0675 e. The second-order valence-corrected chi connectivity index (χ2v) is 6.69. The smallest absolute Gasteiger partial charge is 0.0675 e. The molecule has 1 fully saturated rings. The van der Waals surface area contributed by atoms with Crippen molar-refractivity contribution in [3.05, 3.63) is 48.0 Å². The number of nitrogens with one attached hydrogen (secondary N) is 1. The molecule has 2 aromatic rings. The van der Waals surface area contributed by atoms with E-state index in [9.17, 15) is 0 Å². The molecule has 1 aliphatic carbocycles. The summed E-state index contributed by atoms with van der Waals surface area (Å²) in [5.41, 5.74) is 1.33. The highest BCUT2D eigenvalue weighted by Crippen LogP contribution is 2.30. The molecule has 0 bridgehead atoms. The van der Waals surface area contributed by atoms with Crippen LogP contribution in [0.15, 0.2) is 42.5 Å². The van der Waals surface area contributed by atoms with E-state index in [0.29, 0.717) is 5.92 Å². The fourth-order valence-electron chi connectivity index (χ4n) is 2.97.